The molecule has 2 aliphatic heterocycles. The molecule has 2 amide bonds. The van der Waals surface area contributed by atoms with E-state index in [0.29, 0.717) is 19.4 Å². The summed E-state index contributed by atoms with van der Waals surface area (Å²) in [6, 6.07) is 1.74. The zero-order valence-electron chi connectivity index (χ0n) is 13.9. The highest BCUT2D eigenvalue weighted by molar-refractivity contribution is 6.61. The van der Waals surface area contributed by atoms with Gasteiger partial charge in [0.1, 0.15) is 11.9 Å². The Balaban J connectivity index is 1.74. The number of hydrogen-bond acceptors (Lipinski definition) is 5. The Morgan fingerprint density at radius 2 is 2.15 bits per heavy atom. The molecule has 3 N–H and O–H groups in total. The number of nitrogens with one attached hydrogen (secondary N) is 1. The average Bonchev–Trinajstić information content (AvgIpc) is 3.21. The van der Waals surface area contributed by atoms with E-state index in [0.717, 1.165) is 6.07 Å². The molecule has 1 atom stereocenters. The number of nitrogens with zero attached hydrogens (tertiary/aromatic N) is 1. The van der Waals surface area contributed by atoms with Crippen LogP contribution < -0.4 is 10.8 Å². The van der Waals surface area contributed by atoms with Gasteiger partial charge in [-0.05, 0) is 30.4 Å². The third-order valence-corrected chi connectivity index (χ3v) is 4.58. The molecule has 0 spiro atoms. The summed E-state index contributed by atoms with van der Waals surface area (Å²) in [5.41, 5.74) is 0.476. The van der Waals surface area contributed by atoms with E-state index in [4.69, 9.17) is 9.76 Å². The van der Waals surface area contributed by atoms with E-state index in [1.165, 1.54) is 11.0 Å². The fourth-order valence-electron chi connectivity index (χ4n) is 3.26. The van der Waals surface area contributed by atoms with Gasteiger partial charge in [0.05, 0.1) is 13.0 Å². The van der Waals surface area contributed by atoms with Gasteiger partial charge in [0.25, 0.3) is 5.91 Å². The lowest BCUT2D eigenvalue weighted by Crippen LogP contribution is -2.46. The van der Waals surface area contributed by atoms with E-state index >= 15 is 0 Å². The Kier molecular flexibility index (Phi) is 5.24. The molecule has 0 radical (unpaired) electrons. The molecule has 1 unspecified atom stereocenters. The SMILES string of the molecule is O=C(O)CCNC(=O)C1CCCN1C(=O)c1cc(F)c2c(c1)B(O)OC2. The molecule has 3 rings (SSSR count). The number of fused-ring (bicyclic) bond motifs is 1. The first-order valence-electron chi connectivity index (χ1n) is 8.31. The number of amides is 2. The zero-order chi connectivity index (χ0) is 18.8. The molecule has 2 aliphatic rings. The molecule has 26 heavy (non-hydrogen) atoms. The fraction of sp³-hybridized carbons (Fsp3) is 0.438. The molecule has 0 aliphatic carbocycles. The molecule has 0 saturated carbocycles. The molecule has 8 nitrogen and oxygen atoms in total. The number of benzene rings is 1. The summed E-state index contributed by atoms with van der Waals surface area (Å²) in [5.74, 6) is -2.60. The molecule has 10 heteroatoms. The summed E-state index contributed by atoms with van der Waals surface area (Å²) in [6.45, 7) is 0.256. The summed E-state index contributed by atoms with van der Waals surface area (Å²) in [4.78, 5) is 36.9. The average molecular weight is 364 g/mol. The fourth-order valence-corrected chi connectivity index (χ4v) is 3.26. The quantitative estimate of drug-likeness (QED) is 0.592. The van der Waals surface area contributed by atoms with Crippen molar-refractivity contribution >= 4 is 30.4 Å². The summed E-state index contributed by atoms with van der Waals surface area (Å²) in [6.07, 6.45) is 0.853. The van der Waals surface area contributed by atoms with Crippen LogP contribution in [0.2, 0.25) is 0 Å². The number of likely N-dealkylation sites (tertiary alicyclic amines) is 1. The van der Waals surface area contributed by atoms with Gasteiger partial charge in [-0.3, -0.25) is 14.4 Å². The lowest BCUT2D eigenvalue weighted by Gasteiger charge is -2.24. The lowest BCUT2D eigenvalue weighted by molar-refractivity contribution is -0.137. The topological polar surface area (TPSA) is 116 Å². The number of hydrogen-bond donors (Lipinski definition) is 3. The third-order valence-electron chi connectivity index (χ3n) is 4.58. The van der Waals surface area contributed by atoms with Gasteiger partial charge in [-0.15, -0.1) is 0 Å². The first kappa shape index (κ1) is 18.3. The molecule has 1 aromatic carbocycles. The van der Waals surface area contributed by atoms with E-state index in [9.17, 15) is 23.8 Å². The summed E-state index contributed by atoms with van der Waals surface area (Å²) in [7, 11) is -1.28. The number of carboxylic acids is 1. The van der Waals surface area contributed by atoms with Crippen molar-refractivity contribution in [2.75, 3.05) is 13.1 Å². The van der Waals surface area contributed by atoms with Gasteiger partial charge in [-0.25, -0.2) is 4.39 Å². The highest BCUT2D eigenvalue weighted by Gasteiger charge is 2.36. The third kappa shape index (κ3) is 3.56. The standard InChI is InChI=1S/C16H18BFN2O6/c18-12-7-9(6-11-10(12)8-26-17(11)25)16(24)20-5-1-2-13(20)15(23)19-4-3-14(21)22/h6-7,13,25H,1-5,8H2,(H,19,23)(H,21,22). The molecule has 1 aromatic rings. The normalized spacial score (nSPS) is 18.8. The van der Waals surface area contributed by atoms with Gasteiger partial charge in [-0.2, -0.15) is 0 Å². The van der Waals surface area contributed by atoms with Crippen LogP contribution in [0.1, 0.15) is 35.2 Å². The van der Waals surface area contributed by atoms with Crippen molar-refractivity contribution in [3.8, 4) is 0 Å². The van der Waals surface area contributed by atoms with E-state index in [-0.39, 0.29) is 36.2 Å². The Morgan fingerprint density at radius 1 is 1.38 bits per heavy atom. The van der Waals surface area contributed by atoms with E-state index in [1.807, 2.05) is 0 Å². The minimum Gasteiger partial charge on any atom is -0.481 e. The highest BCUT2D eigenvalue weighted by atomic mass is 19.1. The maximum atomic E-state index is 14.2. The van der Waals surface area contributed by atoms with Crippen LogP contribution in [0.25, 0.3) is 0 Å². The van der Waals surface area contributed by atoms with Crippen molar-refractivity contribution in [1.29, 1.82) is 0 Å². The molecule has 0 aromatic heterocycles. The zero-order valence-corrected chi connectivity index (χ0v) is 13.9. The van der Waals surface area contributed by atoms with Gasteiger partial charge in [0.15, 0.2) is 0 Å². The number of carboxylic acid groups (broad SMARTS) is 1. The van der Waals surface area contributed by atoms with E-state index < -0.39 is 36.8 Å². The van der Waals surface area contributed by atoms with Crippen LogP contribution >= 0.6 is 0 Å². The van der Waals surface area contributed by atoms with Crippen molar-refractivity contribution in [2.45, 2.75) is 31.9 Å². The van der Waals surface area contributed by atoms with Gasteiger partial charge in [-0.1, -0.05) is 0 Å². The van der Waals surface area contributed by atoms with Gasteiger partial charge in [0.2, 0.25) is 5.91 Å². The van der Waals surface area contributed by atoms with Crippen molar-refractivity contribution in [3.63, 3.8) is 0 Å². The number of aliphatic carboxylic acids is 1. The second-order valence-electron chi connectivity index (χ2n) is 6.28. The Morgan fingerprint density at radius 3 is 2.88 bits per heavy atom. The van der Waals surface area contributed by atoms with Crippen molar-refractivity contribution in [1.82, 2.24) is 10.2 Å². The lowest BCUT2D eigenvalue weighted by atomic mass is 9.78. The molecule has 1 fully saturated rings. The number of rotatable bonds is 5. The first-order valence-corrected chi connectivity index (χ1v) is 8.31. The van der Waals surface area contributed by atoms with Gasteiger partial charge >= 0.3 is 13.1 Å². The molecule has 138 valence electrons. The molecular weight excluding hydrogens is 346 g/mol. The van der Waals surface area contributed by atoms with Crippen LogP contribution in [0.5, 0.6) is 0 Å². The predicted octanol–water partition coefficient (Wildman–Crippen LogP) is -0.761. The van der Waals surface area contributed by atoms with Crippen LogP contribution in [0, 0.1) is 5.82 Å². The Hall–Kier alpha value is -2.46. The van der Waals surface area contributed by atoms with E-state index in [2.05, 4.69) is 5.32 Å². The number of carbonyl (C=O) groups is 3. The smallest absolute Gasteiger partial charge is 0.481 e. The van der Waals surface area contributed by atoms with Crippen molar-refractivity contribution in [3.05, 3.63) is 29.1 Å². The summed E-state index contributed by atoms with van der Waals surface area (Å²) >= 11 is 0. The van der Waals surface area contributed by atoms with Crippen LogP contribution in [0.3, 0.4) is 0 Å². The summed E-state index contributed by atoms with van der Waals surface area (Å²) in [5, 5.41) is 20.9. The van der Waals surface area contributed by atoms with Crippen LogP contribution in [0.4, 0.5) is 4.39 Å². The molecule has 0 bridgehead atoms. The van der Waals surface area contributed by atoms with Crippen LogP contribution in [-0.2, 0) is 20.9 Å². The summed E-state index contributed by atoms with van der Waals surface area (Å²) < 4.78 is 19.1. The minimum absolute atomic E-state index is 0.0241. The van der Waals surface area contributed by atoms with E-state index in [1.54, 1.807) is 0 Å². The monoisotopic (exact) mass is 364 g/mol. The first-order chi connectivity index (χ1) is 12.4. The minimum atomic E-state index is -1.28. The van der Waals surface area contributed by atoms with Crippen LogP contribution in [0.15, 0.2) is 12.1 Å². The molecule has 2 heterocycles. The van der Waals surface area contributed by atoms with Gasteiger partial charge in [0, 0.05) is 24.2 Å². The second kappa shape index (κ2) is 7.42. The highest BCUT2D eigenvalue weighted by Crippen LogP contribution is 2.22. The predicted molar refractivity (Wildman–Crippen MR) is 88.1 cm³/mol. The maximum absolute atomic E-state index is 14.2. The number of halogens is 1. The molecule has 1 saturated heterocycles. The van der Waals surface area contributed by atoms with Crippen molar-refractivity contribution < 1.29 is 33.6 Å². The Bertz CT molecular complexity index is 759. The van der Waals surface area contributed by atoms with Crippen LogP contribution in [-0.4, -0.2) is 59.1 Å². The van der Waals surface area contributed by atoms with Crippen molar-refractivity contribution in [2.24, 2.45) is 0 Å². The van der Waals surface area contributed by atoms with Gasteiger partial charge < -0.3 is 25.0 Å². The second-order valence-corrected chi connectivity index (χ2v) is 6.28. The Labute approximate surface area is 149 Å². The largest absolute Gasteiger partial charge is 0.491 e. The number of carbonyl (C=O) groups excluding carboxylic acids is 2. The molecular formula is C16H18BFN2O6. The maximum Gasteiger partial charge on any atom is 0.491 e.